The Kier molecular flexibility index (Phi) is 6.64. The first-order valence-corrected chi connectivity index (χ1v) is 12.8. The average molecular weight is 459 g/mol. The van der Waals surface area contributed by atoms with Crippen molar-refractivity contribution >= 4 is 44.4 Å². The number of aryl methyl sites for hydroxylation is 1. The topological polar surface area (TPSA) is 101 Å². The molecule has 164 valence electrons. The Balaban J connectivity index is 1.30. The lowest BCUT2D eigenvalue weighted by Crippen LogP contribution is -2.33. The highest BCUT2D eigenvalue weighted by Crippen LogP contribution is 2.30. The number of benzene rings is 2. The SMILES string of the molecule is CCc1cccc(NC(=O)C2CCC(CNS(=O)(=O)c3cccc4nsnc34)CC2)c1. The van der Waals surface area contributed by atoms with Crippen LogP contribution in [0.1, 0.15) is 38.2 Å². The Bertz CT molecular complexity index is 1170. The average Bonchev–Trinajstić information content (AvgIpc) is 3.27. The van der Waals surface area contributed by atoms with E-state index < -0.39 is 10.0 Å². The number of anilines is 1. The summed E-state index contributed by atoms with van der Waals surface area (Å²) >= 11 is 1.00. The lowest BCUT2D eigenvalue weighted by atomic mass is 9.81. The number of hydrogen-bond donors (Lipinski definition) is 2. The predicted molar refractivity (Wildman–Crippen MR) is 123 cm³/mol. The molecule has 1 saturated carbocycles. The van der Waals surface area contributed by atoms with Crippen molar-refractivity contribution in [2.75, 3.05) is 11.9 Å². The Morgan fingerprint density at radius 1 is 1.10 bits per heavy atom. The number of nitrogens with one attached hydrogen (secondary N) is 2. The molecule has 2 N–H and O–H groups in total. The molecule has 3 aromatic rings. The minimum Gasteiger partial charge on any atom is -0.326 e. The van der Waals surface area contributed by atoms with Crippen molar-refractivity contribution in [1.29, 1.82) is 0 Å². The summed E-state index contributed by atoms with van der Waals surface area (Å²) in [7, 11) is -3.66. The molecule has 0 aliphatic heterocycles. The van der Waals surface area contributed by atoms with Crippen LogP contribution in [-0.2, 0) is 21.2 Å². The highest BCUT2D eigenvalue weighted by atomic mass is 32.2. The first-order chi connectivity index (χ1) is 15.0. The van der Waals surface area contributed by atoms with E-state index in [1.165, 1.54) is 5.56 Å². The van der Waals surface area contributed by atoms with E-state index in [4.69, 9.17) is 0 Å². The van der Waals surface area contributed by atoms with Crippen molar-refractivity contribution < 1.29 is 13.2 Å². The zero-order valence-electron chi connectivity index (χ0n) is 17.4. The van der Waals surface area contributed by atoms with Crippen molar-refractivity contribution in [3.05, 3.63) is 48.0 Å². The first kappa shape index (κ1) is 21.9. The molecule has 0 radical (unpaired) electrons. The molecule has 1 aromatic heterocycles. The van der Waals surface area contributed by atoms with E-state index in [0.29, 0.717) is 17.6 Å². The van der Waals surface area contributed by atoms with Gasteiger partial charge in [-0.1, -0.05) is 25.1 Å². The lowest BCUT2D eigenvalue weighted by Gasteiger charge is -2.28. The van der Waals surface area contributed by atoms with Crippen LogP contribution in [0.25, 0.3) is 11.0 Å². The fraction of sp³-hybridized carbons (Fsp3) is 0.409. The van der Waals surface area contributed by atoms with E-state index in [1.54, 1.807) is 18.2 Å². The first-order valence-electron chi connectivity index (χ1n) is 10.6. The highest BCUT2D eigenvalue weighted by Gasteiger charge is 2.28. The van der Waals surface area contributed by atoms with Crippen molar-refractivity contribution in [3.8, 4) is 0 Å². The molecule has 1 aliphatic rings. The van der Waals surface area contributed by atoms with Gasteiger partial charge in [-0.3, -0.25) is 4.79 Å². The normalized spacial score (nSPS) is 19.4. The molecule has 0 atom stereocenters. The monoisotopic (exact) mass is 458 g/mol. The van der Waals surface area contributed by atoms with Crippen LogP contribution in [0.15, 0.2) is 47.4 Å². The molecule has 1 heterocycles. The summed E-state index contributed by atoms with van der Waals surface area (Å²) in [5.74, 6) is 0.234. The molecule has 9 heteroatoms. The standard InChI is InChI=1S/C22H26N4O3S2/c1-2-15-5-3-6-18(13-15)24-22(27)17-11-9-16(10-12-17)14-23-31(28,29)20-8-4-7-19-21(20)26-30-25-19/h3-8,13,16-17,23H,2,9-12,14H2,1H3,(H,24,27). The Morgan fingerprint density at radius 2 is 1.87 bits per heavy atom. The molecule has 1 aliphatic carbocycles. The molecule has 4 rings (SSSR count). The van der Waals surface area contributed by atoms with Crippen LogP contribution in [0.3, 0.4) is 0 Å². The molecule has 0 bridgehead atoms. The van der Waals surface area contributed by atoms with Gasteiger partial charge in [0, 0.05) is 18.2 Å². The van der Waals surface area contributed by atoms with Gasteiger partial charge >= 0.3 is 0 Å². The van der Waals surface area contributed by atoms with Crippen LogP contribution in [0, 0.1) is 11.8 Å². The number of fused-ring (bicyclic) bond motifs is 1. The maximum absolute atomic E-state index is 12.8. The van der Waals surface area contributed by atoms with Gasteiger partial charge in [0.05, 0.1) is 11.7 Å². The number of amides is 1. The fourth-order valence-corrected chi connectivity index (χ4v) is 5.93. The number of hydrogen-bond acceptors (Lipinski definition) is 6. The number of aromatic nitrogens is 2. The largest absolute Gasteiger partial charge is 0.326 e. The van der Waals surface area contributed by atoms with Gasteiger partial charge in [-0.2, -0.15) is 8.75 Å². The van der Waals surface area contributed by atoms with Crippen molar-refractivity contribution in [2.24, 2.45) is 11.8 Å². The molecular weight excluding hydrogens is 432 g/mol. The summed E-state index contributed by atoms with van der Waals surface area (Å²) < 4.78 is 36.5. The summed E-state index contributed by atoms with van der Waals surface area (Å²) in [4.78, 5) is 12.8. The molecule has 1 amide bonds. The number of carbonyl (C=O) groups is 1. The van der Waals surface area contributed by atoms with Gasteiger partial charge in [0.15, 0.2) is 0 Å². The third kappa shape index (κ3) is 5.11. The van der Waals surface area contributed by atoms with Gasteiger partial charge in [0.2, 0.25) is 15.9 Å². The van der Waals surface area contributed by atoms with E-state index in [-0.39, 0.29) is 22.6 Å². The van der Waals surface area contributed by atoms with E-state index >= 15 is 0 Å². The maximum atomic E-state index is 12.8. The Labute approximate surface area is 186 Å². The summed E-state index contributed by atoms with van der Waals surface area (Å²) in [6.07, 6.45) is 4.09. The zero-order chi connectivity index (χ0) is 21.8. The lowest BCUT2D eigenvalue weighted by molar-refractivity contribution is -0.121. The zero-order valence-corrected chi connectivity index (χ0v) is 19.0. The molecule has 0 unspecified atom stereocenters. The highest BCUT2D eigenvalue weighted by molar-refractivity contribution is 7.89. The third-order valence-electron chi connectivity index (χ3n) is 5.92. The molecule has 1 fully saturated rings. The maximum Gasteiger partial charge on any atom is 0.242 e. The van der Waals surface area contributed by atoms with Crippen LogP contribution in [0.5, 0.6) is 0 Å². The smallest absolute Gasteiger partial charge is 0.242 e. The van der Waals surface area contributed by atoms with Crippen LogP contribution in [-0.4, -0.2) is 29.6 Å². The van der Waals surface area contributed by atoms with E-state index in [1.807, 2.05) is 24.3 Å². The number of sulfonamides is 1. The number of nitrogens with zero attached hydrogens (tertiary/aromatic N) is 2. The minimum atomic E-state index is -3.66. The summed E-state index contributed by atoms with van der Waals surface area (Å²) in [5.41, 5.74) is 3.03. The second kappa shape index (κ2) is 9.42. The van der Waals surface area contributed by atoms with Gasteiger partial charge in [-0.25, -0.2) is 13.1 Å². The molecule has 2 aromatic carbocycles. The van der Waals surface area contributed by atoms with Crippen LogP contribution >= 0.6 is 11.7 Å². The molecule has 0 spiro atoms. The third-order valence-corrected chi connectivity index (χ3v) is 7.92. The van der Waals surface area contributed by atoms with Crippen molar-refractivity contribution in [3.63, 3.8) is 0 Å². The summed E-state index contributed by atoms with van der Waals surface area (Å²) in [5, 5.41) is 3.03. The van der Waals surface area contributed by atoms with Gasteiger partial charge in [-0.15, -0.1) is 0 Å². The van der Waals surface area contributed by atoms with Crippen LogP contribution < -0.4 is 10.0 Å². The van der Waals surface area contributed by atoms with Gasteiger partial charge in [0.25, 0.3) is 0 Å². The van der Waals surface area contributed by atoms with E-state index in [9.17, 15) is 13.2 Å². The second-order valence-corrected chi connectivity index (χ2v) is 10.3. The van der Waals surface area contributed by atoms with Gasteiger partial charge < -0.3 is 5.32 Å². The van der Waals surface area contributed by atoms with Gasteiger partial charge in [-0.05, 0) is 67.9 Å². The van der Waals surface area contributed by atoms with E-state index in [0.717, 1.165) is 49.5 Å². The van der Waals surface area contributed by atoms with Crippen molar-refractivity contribution in [2.45, 2.75) is 43.9 Å². The van der Waals surface area contributed by atoms with Gasteiger partial charge in [0.1, 0.15) is 15.9 Å². The number of rotatable bonds is 7. The van der Waals surface area contributed by atoms with Crippen LogP contribution in [0.4, 0.5) is 5.69 Å². The second-order valence-electron chi connectivity index (χ2n) is 8.00. The Morgan fingerprint density at radius 3 is 2.65 bits per heavy atom. The quantitative estimate of drug-likeness (QED) is 0.558. The minimum absolute atomic E-state index is 0.0343. The van der Waals surface area contributed by atoms with Crippen LogP contribution in [0.2, 0.25) is 0 Å². The fourth-order valence-electron chi connectivity index (χ4n) is 4.05. The molecule has 7 nitrogen and oxygen atoms in total. The van der Waals surface area contributed by atoms with Crippen molar-refractivity contribution in [1.82, 2.24) is 13.5 Å². The molecule has 0 saturated heterocycles. The van der Waals surface area contributed by atoms with E-state index in [2.05, 4.69) is 25.7 Å². The number of carbonyl (C=O) groups excluding carboxylic acids is 1. The predicted octanol–water partition coefficient (Wildman–Crippen LogP) is 3.98. The molecule has 31 heavy (non-hydrogen) atoms. The Hall–Kier alpha value is -2.36. The molecular formula is C22H26N4O3S2. The summed E-state index contributed by atoms with van der Waals surface area (Å²) in [6.45, 7) is 2.45. The summed E-state index contributed by atoms with van der Waals surface area (Å²) in [6, 6.07) is 12.9.